The van der Waals surface area contributed by atoms with Gasteiger partial charge in [-0.2, -0.15) is 0 Å². The summed E-state index contributed by atoms with van der Waals surface area (Å²) in [6.07, 6.45) is -4.70. The molecule has 0 saturated carbocycles. The Hall–Kier alpha value is -2.09. The smallest absolute Gasteiger partial charge is 0.406 e. The number of likely N-dealkylation sites (N-methyl/N-ethyl adjacent to an activating group) is 1. The van der Waals surface area contributed by atoms with Crippen molar-refractivity contribution in [3.05, 3.63) is 29.8 Å². The van der Waals surface area contributed by atoms with Crippen molar-refractivity contribution in [3.63, 3.8) is 0 Å². The fourth-order valence-corrected chi connectivity index (χ4v) is 2.01. The van der Waals surface area contributed by atoms with E-state index in [1.165, 1.54) is 25.2 Å². The zero-order valence-corrected chi connectivity index (χ0v) is 11.1. The number of amides is 2. The third kappa shape index (κ3) is 3.94. The molecule has 1 unspecified atom stereocenters. The summed E-state index contributed by atoms with van der Waals surface area (Å²) in [5.41, 5.74) is 0.520. The highest BCUT2D eigenvalue weighted by Crippen LogP contribution is 2.23. The maximum atomic E-state index is 12.1. The van der Waals surface area contributed by atoms with Crippen molar-refractivity contribution in [2.24, 2.45) is 0 Å². The van der Waals surface area contributed by atoms with Crippen LogP contribution >= 0.6 is 0 Å². The Bertz CT molecular complexity index is 560. The van der Waals surface area contributed by atoms with E-state index in [4.69, 9.17) is 0 Å². The number of hydrogen-bond acceptors (Lipinski definition) is 4. The van der Waals surface area contributed by atoms with Crippen molar-refractivity contribution >= 4 is 11.8 Å². The van der Waals surface area contributed by atoms with Gasteiger partial charge in [0.25, 0.3) is 0 Å². The van der Waals surface area contributed by atoms with Crippen LogP contribution in [-0.4, -0.2) is 36.2 Å². The first-order valence-corrected chi connectivity index (χ1v) is 6.15. The molecule has 2 rings (SSSR count). The van der Waals surface area contributed by atoms with Crippen LogP contribution in [0.4, 0.5) is 13.2 Å². The van der Waals surface area contributed by atoms with Gasteiger partial charge in [0.2, 0.25) is 11.8 Å². The second-order valence-corrected chi connectivity index (χ2v) is 4.62. The molecule has 1 heterocycles. The summed E-state index contributed by atoms with van der Waals surface area (Å²) in [5.74, 6) is -0.956. The molecule has 8 heteroatoms. The van der Waals surface area contributed by atoms with Crippen LogP contribution in [0.1, 0.15) is 12.0 Å². The first-order chi connectivity index (χ1) is 9.76. The van der Waals surface area contributed by atoms with E-state index < -0.39 is 12.4 Å². The normalized spacial score (nSPS) is 19.2. The van der Waals surface area contributed by atoms with Crippen molar-refractivity contribution in [1.82, 2.24) is 10.2 Å². The highest BCUT2D eigenvalue weighted by molar-refractivity contribution is 6.05. The summed E-state index contributed by atoms with van der Waals surface area (Å²) < 4.78 is 40.2. The molecule has 0 spiro atoms. The third-order valence-electron chi connectivity index (χ3n) is 3.07. The average Bonchev–Trinajstić information content (AvgIpc) is 2.62. The van der Waals surface area contributed by atoms with Crippen molar-refractivity contribution < 1.29 is 27.5 Å². The Labute approximate surface area is 118 Å². The number of imide groups is 1. The lowest BCUT2D eigenvalue weighted by atomic mass is 10.2. The number of likely N-dealkylation sites (tertiary alicyclic amines) is 1. The second-order valence-electron chi connectivity index (χ2n) is 4.62. The van der Waals surface area contributed by atoms with Crippen LogP contribution in [0.2, 0.25) is 0 Å². The molecule has 1 aromatic rings. The summed E-state index contributed by atoms with van der Waals surface area (Å²) in [4.78, 5) is 24.0. The van der Waals surface area contributed by atoms with Crippen molar-refractivity contribution in [2.75, 3.05) is 7.05 Å². The van der Waals surface area contributed by atoms with E-state index in [1.807, 2.05) is 0 Å². The van der Waals surface area contributed by atoms with Gasteiger partial charge in [0.15, 0.2) is 0 Å². The Morgan fingerprint density at radius 2 is 2.10 bits per heavy atom. The molecule has 1 saturated heterocycles. The number of benzene rings is 1. The van der Waals surface area contributed by atoms with E-state index in [1.54, 1.807) is 6.07 Å². The van der Waals surface area contributed by atoms with Gasteiger partial charge in [-0.25, -0.2) is 0 Å². The maximum absolute atomic E-state index is 12.1. The number of nitrogens with one attached hydrogen (secondary N) is 1. The van der Waals surface area contributed by atoms with E-state index in [0.717, 1.165) is 4.90 Å². The molecular weight excluding hydrogens is 289 g/mol. The molecule has 0 radical (unpaired) electrons. The lowest BCUT2D eigenvalue weighted by Gasteiger charge is -2.12. The number of ether oxygens (including phenoxy) is 1. The molecule has 1 atom stereocenters. The molecule has 2 amide bonds. The summed E-state index contributed by atoms with van der Waals surface area (Å²) >= 11 is 0. The number of halogens is 3. The number of alkyl halides is 3. The van der Waals surface area contributed by atoms with Gasteiger partial charge in [-0.05, 0) is 17.7 Å². The second kappa shape index (κ2) is 5.72. The van der Waals surface area contributed by atoms with Gasteiger partial charge in [-0.15, -0.1) is 13.2 Å². The number of carbonyl (C=O) groups excluding carboxylic acids is 2. The zero-order valence-electron chi connectivity index (χ0n) is 11.1. The predicted molar refractivity (Wildman–Crippen MR) is 66.1 cm³/mol. The van der Waals surface area contributed by atoms with E-state index in [9.17, 15) is 22.8 Å². The summed E-state index contributed by atoms with van der Waals surface area (Å²) in [7, 11) is 1.39. The number of carbonyl (C=O) groups is 2. The van der Waals surface area contributed by atoms with Crippen molar-refractivity contribution in [1.29, 1.82) is 0 Å². The van der Waals surface area contributed by atoms with Gasteiger partial charge in [0, 0.05) is 13.6 Å². The SMILES string of the molecule is CN1C(=O)CC(NCc2cccc(OC(F)(F)F)c2)C1=O. The van der Waals surface area contributed by atoms with Gasteiger partial charge >= 0.3 is 6.36 Å². The van der Waals surface area contributed by atoms with Crippen LogP contribution in [0.3, 0.4) is 0 Å². The van der Waals surface area contributed by atoms with Crippen molar-refractivity contribution in [3.8, 4) is 5.75 Å². The summed E-state index contributed by atoms with van der Waals surface area (Å²) in [5, 5.41) is 2.85. The minimum Gasteiger partial charge on any atom is -0.406 e. The first-order valence-electron chi connectivity index (χ1n) is 6.15. The van der Waals surface area contributed by atoms with Crippen LogP contribution in [-0.2, 0) is 16.1 Å². The Morgan fingerprint density at radius 1 is 1.38 bits per heavy atom. The highest BCUT2D eigenvalue weighted by atomic mass is 19.4. The van der Waals surface area contributed by atoms with Gasteiger partial charge in [0.1, 0.15) is 5.75 Å². The quantitative estimate of drug-likeness (QED) is 0.855. The highest BCUT2D eigenvalue weighted by Gasteiger charge is 2.35. The van der Waals surface area contributed by atoms with Gasteiger partial charge in [0.05, 0.1) is 12.5 Å². The Balaban J connectivity index is 1.96. The van der Waals surface area contributed by atoms with Crippen LogP contribution < -0.4 is 10.1 Å². The molecule has 114 valence electrons. The van der Waals surface area contributed by atoms with Gasteiger partial charge in [-0.3, -0.25) is 14.5 Å². The monoisotopic (exact) mass is 302 g/mol. The van der Waals surface area contributed by atoms with Crippen LogP contribution in [0.15, 0.2) is 24.3 Å². The zero-order chi connectivity index (χ0) is 15.6. The Kier molecular flexibility index (Phi) is 4.17. The molecule has 0 aliphatic carbocycles. The molecule has 1 fully saturated rings. The minimum atomic E-state index is -4.75. The maximum Gasteiger partial charge on any atom is 0.573 e. The van der Waals surface area contributed by atoms with Crippen LogP contribution in [0, 0.1) is 0 Å². The molecule has 1 aromatic carbocycles. The molecule has 1 aliphatic rings. The molecule has 21 heavy (non-hydrogen) atoms. The summed E-state index contributed by atoms with van der Waals surface area (Å²) in [6.45, 7) is 0.159. The lowest BCUT2D eigenvalue weighted by Crippen LogP contribution is -2.36. The van der Waals surface area contributed by atoms with Gasteiger partial charge in [-0.1, -0.05) is 12.1 Å². The molecule has 1 aliphatic heterocycles. The van der Waals surface area contributed by atoms with E-state index in [2.05, 4.69) is 10.1 Å². The molecule has 5 nitrogen and oxygen atoms in total. The molecule has 0 aromatic heterocycles. The van der Waals surface area contributed by atoms with E-state index in [0.29, 0.717) is 5.56 Å². The largest absolute Gasteiger partial charge is 0.573 e. The molecular formula is C13H13F3N2O3. The number of hydrogen-bond donors (Lipinski definition) is 1. The standard InChI is InChI=1S/C13H13F3N2O3/c1-18-11(19)6-10(12(18)20)17-7-8-3-2-4-9(5-8)21-13(14,15)16/h2-5,10,17H,6-7H2,1H3. The average molecular weight is 302 g/mol. The number of rotatable bonds is 4. The lowest BCUT2D eigenvalue weighted by molar-refractivity contribution is -0.274. The van der Waals surface area contributed by atoms with E-state index >= 15 is 0 Å². The Morgan fingerprint density at radius 3 is 2.67 bits per heavy atom. The number of nitrogens with zero attached hydrogens (tertiary/aromatic N) is 1. The van der Waals surface area contributed by atoms with Crippen molar-refractivity contribution in [2.45, 2.75) is 25.4 Å². The predicted octanol–water partition coefficient (Wildman–Crippen LogP) is 1.43. The fraction of sp³-hybridized carbons (Fsp3) is 0.385. The topological polar surface area (TPSA) is 58.6 Å². The van der Waals surface area contributed by atoms with Gasteiger partial charge < -0.3 is 10.1 Å². The minimum absolute atomic E-state index is 0.0497. The van der Waals surface area contributed by atoms with Crippen LogP contribution in [0.5, 0.6) is 5.75 Å². The fourth-order valence-electron chi connectivity index (χ4n) is 2.01. The third-order valence-corrected chi connectivity index (χ3v) is 3.07. The molecule has 1 N–H and O–H groups in total. The van der Waals surface area contributed by atoms with E-state index in [-0.39, 0.29) is 30.5 Å². The molecule has 0 bridgehead atoms. The summed E-state index contributed by atoms with van der Waals surface area (Å²) in [6, 6.07) is 4.79. The van der Waals surface area contributed by atoms with Crippen LogP contribution in [0.25, 0.3) is 0 Å². The first kappa shape index (κ1) is 15.3.